The van der Waals surface area contributed by atoms with E-state index in [0.717, 1.165) is 30.9 Å². The van der Waals surface area contributed by atoms with Gasteiger partial charge in [0.05, 0.1) is 12.2 Å². The van der Waals surface area contributed by atoms with Crippen molar-refractivity contribution in [1.29, 1.82) is 0 Å². The molecule has 1 spiro atoms. The fraction of sp³-hybridized carbons (Fsp3) is 0.375. The van der Waals surface area contributed by atoms with Crippen molar-refractivity contribution in [3.63, 3.8) is 0 Å². The summed E-state index contributed by atoms with van der Waals surface area (Å²) in [6, 6.07) is 12.8. The maximum Gasteiger partial charge on any atom is 0.490 e. The zero-order chi connectivity index (χ0) is 27.2. The van der Waals surface area contributed by atoms with E-state index in [-0.39, 0.29) is 11.5 Å². The summed E-state index contributed by atoms with van der Waals surface area (Å²) in [4.78, 5) is 38.0. The third-order valence-corrected chi connectivity index (χ3v) is 6.22. The summed E-state index contributed by atoms with van der Waals surface area (Å²) in [6.07, 6.45) is -3.71. The van der Waals surface area contributed by atoms with Crippen LogP contribution >= 0.6 is 0 Å². The van der Waals surface area contributed by atoms with Crippen molar-refractivity contribution in [3.8, 4) is 0 Å². The van der Waals surface area contributed by atoms with E-state index in [0.29, 0.717) is 38.7 Å². The van der Waals surface area contributed by atoms with E-state index >= 15 is 0 Å². The van der Waals surface area contributed by atoms with Crippen LogP contribution in [0.4, 0.5) is 27.6 Å². The molecule has 2 saturated heterocycles. The fourth-order valence-electron chi connectivity index (χ4n) is 4.28. The number of benzene rings is 2. The number of anilines is 1. The number of likely N-dealkylation sites (tertiary alicyclic amines) is 1. The van der Waals surface area contributed by atoms with Crippen LogP contribution in [0.3, 0.4) is 0 Å². The third kappa shape index (κ3) is 6.73. The van der Waals surface area contributed by atoms with E-state index in [9.17, 15) is 31.5 Å². The summed E-state index contributed by atoms with van der Waals surface area (Å²) in [5.74, 6) is -4.85. The first-order valence-electron chi connectivity index (χ1n) is 11.3. The number of nitrogens with one attached hydrogen (secondary N) is 2. The number of carboxylic acids is 1. The highest BCUT2D eigenvalue weighted by Crippen LogP contribution is 2.36. The van der Waals surface area contributed by atoms with Crippen molar-refractivity contribution in [1.82, 2.24) is 15.5 Å². The number of alkyl halides is 3. The molecule has 0 unspecified atom stereocenters. The van der Waals surface area contributed by atoms with Gasteiger partial charge < -0.3 is 25.5 Å². The lowest BCUT2D eigenvalue weighted by Crippen LogP contribution is -2.57. The zero-order valence-corrected chi connectivity index (χ0v) is 19.5. The lowest BCUT2D eigenvalue weighted by atomic mass is 9.85. The summed E-state index contributed by atoms with van der Waals surface area (Å²) in [5.41, 5.74) is 0.311. The molecule has 13 heteroatoms. The quantitative estimate of drug-likeness (QED) is 0.516. The average molecular weight is 528 g/mol. The van der Waals surface area contributed by atoms with E-state index in [1.165, 1.54) is 0 Å². The Morgan fingerprint density at radius 3 is 2.24 bits per heavy atom. The second-order valence-electron chi connectivity index (χ2n) is 8.48. The molecule has 4 rings (SSSR count). The van der Waals surface area contributed by atoms with Gasteiger partial charge in [0.15, 0.2) is 0 Å². The Morgan fingerprint density at radius 2 is 1.68 bits per heavy atom. The van der Waals surface area contributed by atoms with Crippen molar-refractivity contribution in [2.75, 3.05) is 37.7 Å². The molecule has 2 heterocycles. The van der Waals surface area contributed by atoms with Gasteiger partial charge in [-0.05, 0) is 37.1 Å². The Labute approximate surface area is 209 Å². The van der Waals surface area contributed by atoms with Gasteiger partial charge >= 0.3 is 12.1 Å². The monoisotopic (exact) mass is 528 g/mol. The van der Waals surface area contributed by atoms with Crippen LogP contribution in [0.25, 0.3) is 0 Å². The van der Waals surface area contributed by atoms with Crippen molar-refractivity contribution in [2.24, 2.45) is 0 Å². The predicted octanol–water partition coefficient (Wildman–Crippen LogP) is 2.76. The molecule has 37 heavy (non-hydrogen) atoms. The number of hydrogen-bond acceptors (Lipinski definition) is 5. The first-order valence-corrected chi connectivity index (χ1v) is 11.3. The summed E-state index contributed by atoms with van der Waals surface area (Å²) >= 11 is 0. The Bertz CT molecular complexity index is 1120. The third-order valence-electron chi connectivity index (χ3n) is 6.22. The molecule has 3 N–H and O–H groups in total. The number of piperidine rings is 1. The van der Waals surface area contributed by atoms with E-state index in [4.69, 9.17) is 9.90 Å². The molecule has 200 valence electrons. The molecule has 2 amide bonds. The van der Waals surface area contributed by atoms with Crippen LogP contribution < -0.4 is 15.5 Å². The fourth-order valence-corrected chi connectivity index (χ4v) is 4.28. The van der Waals surface area contributed by atoms with Gasteiger partial charge in [-0.2, -0.15) is 13.2 Å². The minimum absolute atomic E-state index is 0.0612. The number of hydrogen-bond donors (Lipinski definition) is 3. The SMILES string of the molecule is O=C(NCCN1CCC2(CC1)C(=O)NCN2c1ccccc1)c1ccc(F)cc1F.O=C(O)C(F)(F)F. The number of amides is 2. The highest BCUT2D eigenvalue weighted by molar-refractivity contribution is 5.94. The number of nitrogens with zero attached hydrogens (tertiary/aromatic N) is 2. The Hall–Kier alpha value is -3.74. The number of rotatable bonds is 5. The molecular weight excluding hydrogens is 503 g/mol. The molecule has 2 aliphatic rings. The average Bonchev–Trinajstić information content (AvgIpc) is 3.16. The van der Waals surface area contributed by atoms with E-state index in [1.54, 1.807) is 0 Å². The molecular formula is C24H25F5N4O4. The van der Waals surface area contributed by atoms with Gasteiger partial charge in [0.2, 0.25) is 5.91 Å². The normalized spacial score (nSPS) is 17.1. The van der Waals surface area contributed by atoms with Crippen LogP contribution in [0.15, 0.2) is 48.5 Å². The highest BCUT2D eigenvalue weighted by Gasteiger charge is 2.50. The molecule has 2 aromatic rings. The van der Waals surface area contributed by atoms with Crippen molar-refractivity contribution in [2.45, 2.75) is 24.6 Å². The van der Waals surface area contributed by atoms with E-state index in [2.05, 4.69) is 20.4 Å². The van der Waals surface area contributed by atoms with Crippen molar-refractivity contribution in [3.05, 3.63) is 65.7 Å². The lowest BCUT2D eigenvalue weighted by Gasteiger charge is -2.43. The summed E-state index contributed by atoms with van der Waals surface area (Å²) < 4.78 is 58.4. The second kappa shape index (κ2) is 11.5. The Balaban J connectivity index is 0.000000479. The number of halogens is 5. The molecule has 8 nitrogen and oxygen atoms in total. The van der Waals surface area contributed by atoms with Crippen LogP contribution in [0, 0.1) is 11.6 Å². The predicted molar refractivity (Wildman–Crippen MR) is 123 cm³/mol. The van der Waals surface area contributed by atoms with Gasteiger partial charge in [-0.1, -0.05) is 18.2 Å². The minimum Gasteiger partial charge on any atom is -0.475 e. The molecule has 0 atom stereocenters. The van der Waals surface area contributed by atoms with Crippen molar-refractivity contribution < 1.29 is 41.4 Å². The van der Waals surface area contributed by atoms with E-state index < -0.39 is 35.2 Å². The number of aliphatic carboxylic acids is 1. The molecule has 0 aliphatic carbocycles. The van der Waals surface area contributed by atoms with Gasteiger partial charge in [0.25, 0.3) is 5.91 Å². The molecule has 2 fully saturated rings. The van der Waals surface area contributed by atoms with Gasteiger partial charge in [-0.15, -0.1) is 0 Å². The van der Waals surface area contributed by atoms with Crippen LogP contribution in [0.1, 0.15) is 23.2 Å². The molecule has 2 aliphatic heterocycles. The summed E-state index contributed by atoms with van der Waals surface area (Å²) in [7, 11) is 0. The maximum absolute atomic E-state index is 13.7. The number of para-hydroxylation sites is 1. The number of carbonyl (C=O) groups excluding carboxylic acids is 2. The van der Waals surface area contributed by atoms with Crippen LogP contribution in [-0.4, -0.2) is 72.4 Å². The van der Waals surface area contributed by atoms with Gasteiger partial charge in [-0.25, -0.2) is 13.6 Å². The van der Waals surface area contributed by atoms with Crippen molar-refractivity contribution >= 4 is 23.5 Å². The van der Waals surface area contributed by atoms with E-state index in [1.807, 2.05) is 30.3 Å². The minimum atomic E-state index is -5.08. The van der Waals surface area contributed by atoms with Gasteiger partial charge in [0, 0.05) is 37.9 Å². The summed E-state index contributed by atoms with van der Waals surface area (Å²) in [6.45, 7) is 2.88. The topological polar surface area (TPSA) is 102 Å². The van der Waals surface area contributed by atoms with Crippen LogP contribution in [-0.2, 0) is 9.59 Å². The molecule has 2 aromatic carbocycles. The molecule has 0 saturated carbocycles. The smallest absolute Gasteiger partial charge is 0.475 e. The highest BCUT2D eigenvalue weighted by atomic mass is 19.4. The lowest BCUT2D eigenvalue weighted by molar-refractivity contribution is -0.192. The number of carbonyl (C=O) groups is 3. The summed E-state index contributed by atoms with van der Waals surface area (Å²) in [5, 5.41) is 12.8. The first-order chi connectivity index (χ1) is 17.4. The largest absolute Gasteiger partial charge is 0.490 e. The maximum atomic E-state index is 13.7. The Kier molecular flexibility index (Phi) is 8.69. The molecule has 0 radical (unpaired) electrons. The molecule has 0 aromatic heterocycles. The number of carboxylic acid groups (broad SMARTS) is 1. The first kappa shape index (κ1) is 27.8. The standard InChI is InChI=1S/C22H24F2N4O2.C2HF3O2/c23-16-6-7-18(19(24)14-16)20(29)25-10-13-27-11-8-22(9-12-27)21(30)26-15-28(22)17-4-2-1-3-5-17;3-2(4,5)1(6)7/h1-7,14H,8-13,15H2,(H,25,29)(H,26,30);(H,6,7). The van der Waals surface area contributed by atoms with Gasteiger partial charge in [-0.3, -0.25) is 9.59 Å². The zero-order valence-electron chi connectivity index (χ0n) is 19.5. The second-order valence-corrected chi connectivity index (χ2v) is 8.48. The van der Waals surface area contributed by atoms with Gasteiger partial charge in [0.1, 0.15) is 17.2 Å². The Morgan fingerprint density at radius 1 is 1.05 bits per heavy atom. The molecule has 0 bridgehead atoms. The van der Waals surface area contributed by atoms with Crippen LogP contribution in [0.5, 0.6) is 0 Å². The van der Waals surface area contributed by atoms with Crippen LogP contribution in [0.2, 0.25) is 0 Å².